The van der Waals surface area contributed by atoms with Crippen LogP contribution in [0.1, 0.15) is 6.42 Å². The zero-order valence-electron chi connectivity index (χ0n) is 9.03. The van der Waals surface area contributed by atoms with Crippen LogP contribution in [0.15, 0.2) is 0 Å². The fourth-order valence-corrected chi connectivity index (χ4v) is 1.88. The van der Waals surface area contributed by atoms with Gasteiger partial charge in [-0.05, 0) is 25.4 Å². The molecular formula is C10H17N3O2. The van der Waals surface area contributed by atoms with E-state index in [0.29, 0.717) is 19.0 Å². The first-order valence-electron chi connectivity index (χ1n) is 5.43. The van der Waals surface area contributed by atoms with E-state index in [1.54, 1.807) is 11.9 Å². The highest BCUT2D eigenvalue weighted by Crippen LogP contribution is 2.11. The number of nitrogens with one attached hydrogen (secondary N) is 1. The molecule has 0 atom stereocenters. The molecule has 2 aliphatic heterocycles. The van der Waals surface area contributed by atoms with Crippen LogP contribution in [0.4, 0.5) is 0 Å². The predicted octanol–water partition coefficient (Wildman–Crippen LogP) is -1.10. The summed E-state index contributed by atoms with van der Waals surface area (Å²) < 4.78 is 0. The number of hydrogen-bond donors (Lipinski definition) is 1. The monoisotopic (exact) mass is 211 g/mol. The van der Waals surface area contributed by atoms with E-state index >= 15 is 0 Å². The van der Waals surface area contributed by atoms with Gasteiger partial charge < -0.3 is 15.1 Å². The minimum absolute atomic E-state index is 0.337. The number of amides is 2. The Kier molecular flexibility index (Phi) is 2.90. The van der Waals surface area contributed by atoms with Gasteiger partial charge in [-0.15, -0.1) is 0 Å². The number of rotatable bonds is 3. The van der Waals surface area contributed by atoms with Crippen LogP contribution in [0.5, 0.6) is 0 Å². The van der Waals surface area contributed by atoms with Gasteiger partial charge in [-0.2, -0.15) is 0 Å². The topological polar surface area (TPSA) is 52.6 Å². The van der Waals surface area contributed by atoms with Crippen molar-refractivity contribution in [2.24, 2.45) is 5.92 Å². The van der Waals surface area contributed by atoms with E-state index in [4.69, 9.17) is 0 Å². The number of carbonyl (C=O) groups excluding carboxylic acids is 2. The minimum Gasteiger partial charge on any atom is -0.336 e. The van der Waals surface area contributed by atoms with Crippen LogP contribution < -0.4 is 5.32 Å². The molecule has 2 fully saturated rings. The molecule has 2 amide bonds. The standard InChI is InChI=1S/C10H17N3O2/c1-12-4-5-13(10(15)9(12)14)3-2-8-6-11-7-8/h8,11H,2-7H2,1H3. The van der Waals surface area contributed by atoms with Gasteiger partial charge in [0.1, 0.15) is 0 Å². The summed E-state index contributed by atoms with van der Waals surface area (Å²) in [6.45, 7) is 4.17. The quantitative estimate of drug-likeness (QED) is 0.603. The molecule has 0 saturated carbocycles. The van der Waals surface area contributed by atoms with Crippen molar-refractivity contribution >= 4 is 11.8 Å². The van der Waals surface area contributed by atoms with Gasteiger partial charge in [0.2, 0.25) is 0 Å². The van der Waals surface area contributed by atoms with Crippen LogP contribution in [0.2, 0.25) is 0 Å². The molecule has 1 N–H and O–H groups in total. The molecule has 5 nitrogen and oxygen atoms in total. The van der Waals surface area contributed by atoms with E-state index in [-0.39, 0.29) is 11.8 Å². The Labute approximate surface area is 89.4 Å². The van der Waals surface area contributed by atoms with Crippen molar-refractivity contribution in [2.75, 3.05) is 39.8 Å². The van der Waals surface area contributed by atoms with Gasteiger partial charge in [-0.1, -0.05) is 0 Å². The summed E-state index contributed by atoms with van der Waals surface area (Å²) in [6, 6.07) is 0. The lowest BCUT2D eigenvalue weighted by atomic mass is 9.99. The molecule has 0 aliphatic carbocycles. The van der Waals surface area contributed by atoms with Crippen molar-refractivity contribution in [3.63, 3.8) is 0 Å². The fraction of sp³-hybridized carbons (Fsp3) is 0.800. The number of hydrogen-bond acceptors (Lipinski definition) is 3. The summed E-state index contributed by atoms with van der Waals surface area (Å²) in [7, 11) is 1.67. The van der Waals surface area contributed by atoms with E-state index in [1.807, 2.05) is 0 Å². The van der Waals surface area contributed by atoms with Gasteiger partial charge in [0.25, 0.3) is 0 Å². The lowest BCUT2D eigenvalue weighted by molar-refractivity contribution is -0.155. The third-order valence-electron chi connectivity index (χ3n) is 3.20. The molecule has 5 heteroatoms. The summed E-state index contributed by atoms with van der Waals surface area (Å²) in [5.74, 6) is -0.0171. The molecule has 0 aromatic carbocycles. The highest BCUT2D eigenvalue weighted by Gasteiger charge is 2.30. The molecule has 15 heavy (non-hydrogen) atoms. The maximum absolute atomic E-state index is 11.6. The third kappa shape index (κ3) is 2.12. The summed E-state index contributed by atoms with van der Waals surface area (Å²) in [6.07, 6.45) is 1.01. The molecule has 0 aromatic rings. The third-order valence-corrected chi connectivity index (χ3v) is 3.20. The van der Waals surface area contributed by atoms with E-state index in [9.17, 15) is 9.59 Å². The molecule has 2 rings (SSSR count). The second-order valence-electron chi connectivity index (χ2n) is 4.33. The van der Waals surface area contributed by atoms with Crippen molar-refractivity contribution in [3.8, 4) is 0 Å². The molecule has 0 unspecified atom stereocenters. The first-order chi connectivity index (χ1) is 7.18. The van der Waals surface area contributed by atoms with Crippen molar-refractivity contribution in [1.82, 2.24) is 15.1 Å². The summed E-state index contributed by atoms with van der Waals surface area (Å²) in [5, 5.41) is 3.20. The van der Waals surface area contributed by atoms with Crippen LogP contribution in [0, 0.1) is 5.92 Å². The lowest BCUT2D eigenvalue weighted by Crippen LogP contribution is -2.53. The molecule has 2 heterocycles. The zero-order valence-corrected chi connectivity index (χ0v) is 9.03. The second-order valence-corrected chi connectivity index (χ2v) is 4.33. The molecule has 2 aliphatic rings. The van der Waals surface area contributed by atoms with Gasteiger partial charge in [-0.25, -0.2) is 0 Å². The SMILES string of the molecule is CN1CCN(CCC2CNC2)C(=O)C1=O. The molecule has 0 radical (unpaired) electrons. The normalized spacial score (nSPS) is 23.3. The maximum Gasteiger partial charge on any atom is 0.312 e. The minimum atomic E-state index is -0.368. The van der Waals surface area contributed by atoms with Gasteiger partial charge >= 0.3 is 11.8 Å². The average molecular weight is 211 g/mol. The molecule has 84 valence electrons. The Hall–Kier alpha value is -1.10. The number of piperazine rings is 1. The van der Waals surface area contributed by atoms with Crippen LogP contribution in [0.25, 0.3) is 0 Å². The van der Waals surface area contributed by atoms with Gasteiger partial charge in [0.15, 0.2) is 0 Å². The van der Waals surface area contributed by atoms with Crippen molar-refractivity contribution in [3.05, 3.63) is 0 Å². The molecule has 0 spiro atoms. The highest BCUT2D eigenvalue weighted by molar-refractivity contribution is 6.35. The Balaban J connectivity index is 1.81. The Morgan fingerprint density at radius 3 is 2.60 bits per heavy atom. The lowest BCUT2D eigenvalue weighted by Gasteiger charge is -2.34. The molecule has 2 saturated heterocycles. The average Bonchev–Trinajstić information content (AvgIpc) is 2.15. The van der Waals surface area contributed by atoms with Crippen molar-refractivity contribution in [2.45, 2.75) is 6.42 Å². The van der Waals surface area contributed by atoms with Crippen LogP contribution in [-0.4, -0.2) is 61.4 Å². The molecular weight excluding hydrogens is 194 g/mol. The van der Waals surface area contributed by atoms with Crippen LogP contribution in [-0.2, 0) is 9.59 Å². The number of carbonyl (C=O) groups is 2. The Bertz CT molecular complexity index is 276. The van der Waals surface area contributed by atoms with Crippen LogP contribution >= 0.6 is 0 Å². The highest BCUT2D eigenvalue weighted by atomic mass is 16.2. The second kappa shape index (κ2) is 4.18. The van der Waals surface area contributed by atoms with Gasteiger partial charge in [0.05, 0.1) is 0 Å². The number of likely N-dealkylation sites (N-methyl/N-ethyl adjacent to an activating group) is 1. The first-order valence-corrected chi connectivity index (χ1v) is 5.43. The zero-order chi connectivity index (χ0) is 10.8. The van der Waals surface area contributed by atoms with Crippen molar-refractivity contribution < 1.29 is 9.59 Å². The van der Waals surface area contributed by atoms with E-state index in [1.165, 1.54) is 4.90 Å². The first kappa shape index (κ1) is 10.4. The van der Waals surface area contributed by atoms with Gasteiger partial charge in [0, 0.05) is 26.7 Å². The Morgan fingerprint density at radius 2 is 2.00 bits per heavy atom. The maximum atomic E-state index is 11.6. The van der Waals surface area contributed by atoms with Crippen molar-refractivity contribution in [1.29, 1.82) is 0 Å². The Morgan fingerprint density at radius 1 is 1.27 bits per heavy atom. The predicted molar refractivity (Wildman–Crippen MR) is 55.2 cm³/mol. The summed E-state index contributed by atoms with van der Waals surface area (Å²) >= 11 is 0. The number of nitrogens with zero attached hydrogens (tertiary/aromatic N) is 2. The molecule has 0 bridgehead atoms. The summed E-state index contributed by atoms with van der Waals surface area (Å²) in [4.78, 5) is 26.1. The smallest absolute Gasteiger partial charge is 0.312 e. The van der Waals surface area contributed by atoms with Crippen LogP contribution in [0.3, 0.4) is 0 Å². The van der Waals surface area contributed by atoms with E-state index < -0.39 is 0 Å². The molecule has 0 aromatic heterocycles. The van der Waals surface area contributed by atoms with E-state index in [0.717, 1.165) is 26.1 Å². The fourth-order valence-electron chi connectivity index (χ4n) is 1.88. The summed E-state index contributed by atoms with van der Waals surface area (Å²) in [5.41, 5.74) is 0. The van der Waals surface area contributed by atoms with Gasteiger partial charge in [-0.3, -0.25) is 9.59 Å². The van der Waals surface area contributed by atoms with E-state index in [2.05, 4.69) is 5.32 Å². The largest absolute Gasteiger partial charge is 0.336 e.